The molecule has 1 heterocycles. The van der Waals surface area contributed by atoms with Crippen LogP contribution in [-0.4, -0.2) is 38.9 Å². The lowest BCUT2D eigenvalue weighted by molar-refractivity contribution is -0.159. The van der Waals surface area contributed by atoms with Gasteiger partial charge < -0.3 is 14.9 Å². The molecule has 1 aromatic heterocycles. The number of halogens is 1. The number of rotatable bonds is 4. The number of aliphatic hydroxyl groups is 2. The molecule has 0 spiro atoms. The first-order valence-corrected chi connectivity index (χ1v) is 4.56. The molecule has 2 unspecified atom stereocenters. The second-order valence-corrected chi connectivity index (χ2v) is 2.93. The van der Waals surface area contributed by atoms with Crippen LogP contribution in [0.15, 0.2) is 12.4 Å². The lowest BCUT2D eigenvalue weighted by Gasteiger charge is -2.15. The number of nitrogens with zero attached hydrogens (tertiary/aromatic N) is 2. The number of hydrogen-bond donors (Lipinski definition) is 2. The predicted molar refractivity (Wildman–Crippen MR) is 49.6 cm³/mol. The van der Waals surface area contributed by atoms with Crippen molar-refractivity contribution in [2.45, 2.75) is 19.1 Å². The highest BCUT2D eigenvalue weighted by atomic mass is 19.1. The van der Waals surface area contributed by atoms with E-state index in [1.165, 1.54) is 0 Å². The first-order valence-electron chi connectivity index (χ1n) is 4.56. The van der Waals surface area contributed by atoms with Crippen LogP contribution >= 0.6 is 0 Å². The van der Waals surface area contributed by atoms with E-state index in [2.05, 4.69) is 14.7 Å². The summed E-state index contributed by atoms with van der Waals surface area (Å²) in [5.41, 5.74) is 0.0296. The van der Waals surface area contributed by atoms with Gasteiger partial charge >= 0.3 is 12.0 Å². The van der Waals surface area contributed by atoms with Crippen LogP contribution in [0, 0.1) is 6.08 Å². The summed E-state index contributed by atoms with van der Waals surface area (Å²) < 4.78 is 16.9. The van der Waals surface area contributed by atoms with Crippen molar-refractivity contribution in [3.8, 4) is 0 Å². The minimum atomic E-state index is -1.74. The number of carbonyl (C=O) groups is 1. The van der Waals surface area contributed by atoms with Crippen LogP contribution in [0.5, 0.6) is 0 Å². The number of carbonyl (C=O) groups excluding carboxylic acids is 1. The van der Waals surface area contributed by atoms with Crippen LogP contribution in [0.1, 0.15) is 18.6 Å². The van der Waals surface area contributed by atoms with Crippen LogP contribution in [-0.2, 0) is 9.53 Å². The molecule has 0 amide bonds. The maximum atomic E-state index is 12.4. The highest BCUT2D eigenvalue weighted by Gasteiger charge is 2.27. The molecule has 7 heteroatoms. The topological polar surface area (TPSA) is 92.5 Å². The number of hydrogen-bond acceptors (Lipinski definition) is 6. The fraction of sp³-hybridized carbons (Fsp3) is 0.444. The predicted octanol–water partition coefficient (Wildman–Crippen LogP) is -0.427. The summed E-state index contributed by atoms with van der Waals surface area (Å²) in [4.78, 5) is 17.5. The summed E-state index contributed by atoms with van der Waals surface area (Å²) in [5, 5.41) is 18.9. The molecule has 2 N–H and O–H groups in total. The van der Waals surface area contributed by atoms with Crippen LogP contribution in [0.25, 0.3) is 0 Å². The van der Waals surface area contributed by atoms with Gasteiger partial charge in [0.2, 0.25) is 0 Å². The second kappa shape index (κ2) is 5.47. The molecule has 0 aliphatic heterocycles. The third-order valence-electron chi connectivity index (χ3n) is 1.81. The molecule has 2 atom stereocenters. The van der Waals surface area contributed by atoms with E-state index in [1.54, 1.807) is 6.92 Å². The lowest BCUT2D eigenvalue weighted by Crippen LogP contribution is -2.30. The number of ether oxygens (including phenoxy) is 1. The molecule has 0 radical (unpaired) electrons. The molecular formula is C9H11FN2O4. The second-order valence-electron chi connectivity index (χ2n) is 2.93. The van der Waals surface area contributed by atoms with Crippen molar-refractivity contribution in [2.24, 2.45) is 0 Å². The number of aliphatic hydroxyl groups excluding tert-OH is 2. The van der Waals surface area contributed by atoms with Gasteiger partial charge in [-0.15, -0.1) is 0 Å². The molecule has 1 rings (SSSR count). The SMILES string of the molecule is CCOC(=O)C(O)C(O)c1cnc(F)nc1. The molecule has 0 fully saturated rings. The molecule has 6 nitrogen and oxygen atoms in total. The normalized spacial score (nSPS) is 14.2. The van der Waals surface area contributed by atoms with Crippen molar-refractivity contribution in [1.82, 2.24) is 9.97 Å². The van der Waals surface area contributed by atoms with E-state index in [1.807, 2.05) is 0 Å². The Morgan fingerprint density at radius 1 is 1.50 bits per heavy atom. The van der Waals surface area contributed by atoms with Gasteiger partial charge in [-0.25, -0.2) is 14.8 Å². The lowest BCUT2D eigenvalue weighted by atomic mass is 10.1. The van der Waals surface area contributed by atoms with Gasteiger partial charge in [0, 0.05) is 18.0 Å². The van der Waals surface area contributed by atoms with E-state index >= 15 is 0 Å². The zero-order valence-electron chi connectivity index (χ0n) is 8.50. The average molecular weight is 230 g/mol. The summed E-state index contributed by atoms with van der Waals surface area (Å²) >= 11 is 0. The van der Waals surface area contributed by atoms with Gasteiger partial charge in [0.1, 0.15) is 6.10 Å². The summed E-state index contributed by atoms with van der Waals surface area (Å²) in [7, 11) is 0. The fourth-order valence-electron chi connectivity index (χ4n) is 1.01. The summed E-state index contributed by atoms with van der Waals surface area (Å²) in [6, 6.07) is 0. The van der Waals surface area contributed by atoms with Crippen molar-refractivity contribution < 1.29 is 24.1 Å². The Kier molecular flexibility index (Phi) is 4.27. The minimum Gasteiger partial charge on any atom is -0.464 e. The van der Waals surface area contributed by atoms with Gasteiger partial charge in [-0.2, -0.15) is 4.39 Å². The smallest absolute Gasteiger partial charge is 0.338 e. The summed E-state index contributed by atoms with van der Waals surface area (Å²) in [6.45, 7) is 1.65. The highest BCUT2D eigenvalue weighted by Crippen LogP contribution is 2.15. The Morgan fingerprint density at radius 2 is 2.06 bits per heavy atom. The Balaban J connectivity index is 2.73. The first-order chi connectivity index (χ1) is 7.56. The zero-order chi connectivity index (χ0) is 12.1. The number of aromatic nitrogens is 2. The van der Waals surface area contributed by atoms with Crippen LogP contribution < -0.4 is 0 Å². The van der Waals surface area contributed by atoms with Crippen molar-refractivity contribution in [1.29, 1.82) is 0 Å². The monoisotopic (exact) mass is 230 g/mol. The Labute approximate surface area is 90.7 Å². The molecule has 16 heavy (non-hydrogen) atoms. The van der Waals surface area contributed by atoms with Gasteiger partial charge in [0.25, 0.3) is 0 Å². The fourth-order valence-corrected chi connectivity index (χ4v) is 1.01. The summed E-state index contributed by atoms with van der Waals surface area (Å²) in [6.07, 6.45) is -2.28. The quantitative estimate of drug-likeness (QED) is 0.538. The third kappa shape index (κ3) is 2.94. The largest absolute Gasteiger partial charge is 0.464 e. The Bertz CT molecular complexity index is 357. The average Bonchev–Trinajstić information content (AvgIpc) is 2.28. The third-order valence-corrected chi connectivity index (χ3v) is 1.81. The Morgan fingerprint density at radius 3 is 2.56 bits per heavy atom. The van der Waals surface area contributed by atoms with Crippen molar-refractivity contribution >= 4 is 5.97 Å². The van der Waals surface area contributed by atoms with E-state index in [0.717, 1.165) is 12.4 Å². The minimum absolute atomic E-state index is 0.0296. The van der Waals surface area contributed by atoms with E-state index in [4.69, 9.17) is 0 Å². The molecule has 88 valence electrons. The number of esters is 1. The van der Waals surface area contributed by atoms with Gasteiger partial charge in [0.15, 0.2) is 6.10 Å². The van der Waals surface area contributed by atoms with E-state index in [-0.39, 0.29) is 12.2 Å². The van der Waals surface area contributed by atoms with E-state index in [0.29, 0.717) is 0 Å². The van der Waals surface area contributed by atoms with Gasteiger partial charge in [-0.3, -0.25) is 0 Å². The van der Waals surface area contributed by atoms with Crippen LogP contribution in [0.3, 0.4) is 0 Å². The molecule has 1 aromatic rings. The molecule has 0 aliphatic rings. The molecule has 0 bridgehead atoms. The van der Waals surface area contributed by atoms with Gasteiger partial charge in [-0.1, -0.05) is 0 Å². The summed E-state index contributed by atoms with van der Waals surface area (Å²) in [5.74, 6) is -0.959. The van der Waals surface area contributed by atoms with Crippen molar-refractivity contribution in [3.05, 3.63) is 24.0 Å². The highest BCUT2D eigenvalue weighted by molar-refractivity contribution is 5.75. The van der Waals surface area contributed by atoms with Crippen molar-refractivity contribution in [2.75, 3.05) is 6.61 Å². The maximum Gasteiger partial charge on any atom is 0.338 e. The van der Waals surface area contributed by atoms with Crippen LogP contribution in [0.4, 0.5) is 4.39 Å². The maximum absolute atomic E-state index is 12.4. The van der Waals surface area contributed by atoms with Gasteiger partial charge in [0.05, 0.1) is 6.61 Å². The Hall–Kier alpha value is -1.60. The molecule has 0 saturated heterocycles. The standard InChI is InChI=1S/C9H11FN2O4/c1-2-16-8(15)7(14)6(13)5-3-11-9(10)12-4-5/h3-4,6-7,13-14H,2H2,1H3. The van der Waals surface area contributed by atoms with Crippen LogP contribution in [0.2, 0.25) is 0 Å². The molecule has 0 aromatic carbocycles. The van der Waals surface area contributed by atoms with E-state index < -0.39 is 24.3 Å². The molecule has 0 saturated carbocycles. The van der Waals surface area contributed by atoms with Gasteiger partial charge in [-0.05, 0) is 6.92 Å². The first kappa shape index (κ1) is 12.5. The van der Waals surface area contributed by atoms with Crippen molar-refractivity contribution in [3.63, 3.8) is 0 Å². The molecular weight excluding hydrogens is 219 g/mol. The van der Waals surface area contributed by atoms with E-state index in [9.17, 15) is 19.4 Å². The zero-order valence-corrected chi connectivity index (χ0v) is 8.50. The molecule has 0 aliphatic carbocycles.